The molecule has 2 aromatic rings. The lowest BCUT2D eigenvalue weighted by Gasteiger charge is -2.18. The van der Waals surface area contributed by atoms with Crippen LogP contribution < -0.4 is 4.90 Å². The van der Waals surface area contributed by atoms with Gasteiger partial charge in [0.25, 0.3) is 11.8 Å². The summed E-state index contributed by atoms with van der Waals surface area (Å²) in [5.41, 5.74) is 1.39. The Balaban J connectivity index is 2.13. The number of nitrogens with zero attached hydrogens (tertiary/aromatic N) is 1. The van der Waals surface area contributed by atoms with E-state index in [4.69, 9.17) is 46.4 Å². The standard InChI is InChI=1S/C17H9Cl4NO2/c1-8-11(19)3-2-4-13(8)22-16(23)14(15(21)17(22)24)10-6-5-9(18)7-12(10)20/h2-7H,1H3. The fraction of sp³-hybridized carbons (Fsp3) is 0.0588. The smallest absolute Gasteiger partial charge is 0.268 e. The van der Waals surface area contributed by atoms with Crippen LogP contribution >= 0.6 is 46.4 Å². The number of hydrogen-bond donors (Lipinski definition) is 0. The maximum atomic E-state index is 12.9. The van der Waals surface area contributed by atoms with E-state index in [1.54, 1.807) is 37.3 Å². The van der Waals surface area contributed by atoms with E-state index in [9.17, 15) is 9.59 Å². The van der Waals surface area contributed by atoms with Crippen LogP contribution in [0.2, 0.25) is 15.1 Å². The lowest BCUT2D eigenvalue weighted by molar-refractivity contribution is -0.119. The highest BCUT2D eigenvalue weighted by Gasteiger charge is 2.40. The molecule has 0 radical (unpaired) electrons. The lowest BCUT2D eigenvalue weighted by Crippen LogP contribution is -2.31. The second kappa shape index (κ2) is 6.41. The van der Waals surface area contributed by atoms with Crippen molar-refractivity contribution in [3.63, 3.8) is 0 Å². The zero-order chi connectivity index (χ0) is 17.6. The van der Waals surface area contributed by atoms with Crippen molar-refractivity contribution in [3.8, 4) is 0 Å². The van der Waals surface area contributed by atoms with Crippen molar-refractivity contribution in [2.45, 2.75) is 6.92 Å². The Kier molecular flexibility index (Phi) is 4.63. The molecule has 2 amide bonds. The van der Waals surface area contributed by atoms with Gasteiger partial charge in [0.1, 0.15) is 5.03 Å². The highest BCUT2D eigenvalue weighted by Crippen LogP contribution is 2.39. The molecule has 122 valence electrons. The third-order valence-electron chi connectivity index (χ3n) is 3.71. The highest BCUT2D eigenvalue weighted by molar-refractivity contribution is 6.61. The first-order valence-corrected chi connectivity index (χ1v) is 8.33. The van der Waals surface area contributed by atoms with E-state index < -0.39 is 11.8 Å². The zero-order valence-corrected chi connectivity index (χ0v) is 15.3. The summed E-state index contributed by atoms with van der Waals surface area (Å²) >= 11 is 24.3. The normalized spacial score (nSPS) is 14.8. The third kappa shape index (κ3) is 2.72. The fourth-order valence-corrected chi connectivity index (χ4v) is 3.43. The van der Waals surface area contributed by atoms with Crippen LogP contribution in [-0.4, -0.2) is 11.8 Å². The summed E-state index contributed by atoms with van der Waals surface area (Å²) in [6.07, 6.45) is 0. The SMILES string of the molecule is Cc1c(Cl)cccc1N1C(=O)C(Cl)=C(c2ccc(Cl)cc2Cl)C1=O. The number of imide groups is 1. The fourth-order valence-electron chi connectivity index (χ4n) is 2.49. The van der Waals surface area contributed by atoms with E-state index >= 15 is 0 Å². The maximum absolute atomic E-state index is 12.9. The van der Waals surface area contributed by atoms with Gasteiger partial charge in [-0.3, -0.25) is 9.59 Å². The van der Waals surface area contributed by atoms with E-state index in [1.165, 1.54) is 6.07 Å². The molecule has 0 aromatic heterocycles. The van der Waals surface area contributed by atoms with Crippen molar-refractivity contribution in [2.24, 2.45) is 0 Å². The molecule has 24 heavy (non-hydrogen) atoms. The summed E-state index contributed by atoms with van der Waals surface area (Å²) in [5, 5.41) is 0.909. The van der Waals surface area contributed by atoms with E-state index in [0.717, 1.165) is 4.90 Å². The van der Waals surface area contributed by atoms with Crippen LogP contribution in [0.1, 0.15) is 11.1 Å². The topological polar surface area (TPSA) is 37.4 Å². The van der Waals surface area contributed by atoms with Crippen molar-refractivity contribution in [1.29, 1.82) is 0 Å². The molecule has 0 aliphatic carbocycles. The number of rotatable bonds is 2. The maximum Gasteiger partial charge on any atom is 0.277 e. The molecule has 0 spiro atoms. The molecular formula is C17H9Cl4NO2. The monoisotopic (exact) mass is 399 g/mol. The van der Waals surface area contributed by atoms with E-state index in [0.29, 0.717) is 26.9 Å². The van der Waals surface area contributed by atoms with Gasteiger partial charge in [0.2, 0.25) is 0 Å². The van der Waals surface area contributed by atoms with Gasteiger partial charge in [-0.25, -0.2) is 4.90 Å². The van der Waals surface area contributed by atoms with Gasteiger partial charge < -0.3 is 0 Å². The van der Waals surface area contributed by atoms with Crippen molar-refractivity contribution in [2.75, 3.05) is 4.90 Å². The number of carbonyl (C=O) groups is 2. The quantitative estimate of drug-likeness (QED) is 0.626. The van der Waals surface area contributed by atoms with Crippen LogP contribution in [-0.2, 0) is 9.59 Å². The summed E-state index contributed by atoms with van der Waals surface area (Å²) in [4.78, 5) is 26.4. The summed E-state index contributed by atoms with van der Waals surface area (Å²) in [5.74, 6) is -1.17. The highest BCUT2D eigenvalue weighted by atomic mass is 35.5. The molecule has 1 heterocycles. The summed E-state index contributed by atoms with van der Waals surface area (Å²) in [6.45, 7) is 1.72. The first kappa shape index (κ1) is 17.3. The first-order chi connectivity index (χ1) is 11.3. The van der Waals surface area contributed by atoms with Gasteiger partial charge in [-0.1, -0.05) is 58.5 Å². The van der Waals surface area contributed by atoms with Gasteiger partial charge in [-0.05, 0) is 36.8 Å². The molecule has 0 fully saturated rings. The molecule has 0 saturated carbocycles. The number of amides is 2. The molecule has 0 unspecified atom stereocenters. The molecule has 3 nitrogen and oxygen atoms in total. The van der Waals surface area contributed by atoms with Gasteiger partial charge in [-0.15, -0.1) is 0 Å². The molecule has 7 heteroatoms. The van der Waals surface area contributed by atoms with Crippen molar-refractivity contribution < 1.29 is 9.59 Å². The number of benzene rings is 2. The summed E-state index contributed by atoms with van der Waals surface area (Å²) in [6, 6.07) is 9.59. The number of anilines is 1. The van der Waals surface area contributed by atoms with E-state index in [1.807, 2.05) is 0 Å². The summed E-state index contributed by atoms with van der Waals surface area (Å²) < 4.78 is 0. The molecule has 3 rings (SSSR count). The third-order valence-corrected chi connectivity index (χ3v) is 5.02. The minimum atomic E-state index is -0.618. The van der Waals surface area contributed by atoms with Crippen LogP contribution in [0.25, 0.3) is 5.57 Å². The summed E-state index contributed by atoms with van der Waals surface area (Å²) in [7, 11) is 0. The Morgan fingerprint density at radius 1 is 0.875 bits per heavy atom. The Bertz CT molecular complexity index is 921. The Morgan fingerprint density at radius 3 is 2.25 bits per heavy atom. The Labute approximate surface area is 158 Å². The van der Waals surface area contributed by atoms with Gasteiger partial charge in [0.15, 0.2) is 0 Å². The van der Waals surface area contributed by atoms with Crippen LogP contribution in [0.15, 0.2) is 41.4 Å². The van der Waals surface area contributed by atoms with Crippen molar-refractivity contribution >= 4 is 69.5 Å². The van der Waals surface area contributed by atoms with Crippen LogP contribution in [0.3, 0.4) is 0 Å². The lowest BCUT2D eigenvalue weighted by atomic mass is 10.1. The Hall–Kier alpha value is -1.52. The molecule has 0 bridgehead atoms. The molecular weight excluding hydrogens is 392 g/mol. The molecule has 2 aromatic carbocycles. The largest absolute Gasteiger partial charge is 0.277 e. The zero-order valence-electron chi connectivity index (χ0n) is 12.2. The minimum Gasteiger partial charge on any atom is -0.268 e. The van der Waals surface area contributed by atoms with Gasteiger partial charge in [0.05, 0.1) is 16.3 Å². The minimum absolute atomic E-state index is 0.0442. The predicted octanol–water partition coefficient (Wildman–Crippen LogP) is 5.48. The van der Waals surface area contributed by atoms with Crippen molar-refractivity contribution in [3.05, 3.63) is 67.6 Å². The van der Waals surface area contributed by atoms with E-state index in [2.05, 4.69) is 0 Å². The molecule has 0 saturated heterocycles. The van der Waals surface area contributed by atoms with Gasteiger partial charge in [0, 0.05) is 15.6 Å². The predicted molar refractivity (Wildman–Crippen MR) is 97.9 cm³/mol. The van der Waals surface area contributed by atoms with Crippen LogP contribution in [0.5, 0.6) is 0 Å². The Morgan fingerprint density at radius 2 is 1.58 bits per heavy atom. The first-order valence-electron chi connectivity index (χ1n) is 6.82. The molecule has 0 atom stereocenters. The molecule has 1 aliphatic rings. The molecule has 0 N–H and O–H groups in total. The van der Waals surface area contributed by atoms with Crippen molar-refractivity contribution in [1.82, 2.24) is 0 Å². The average Bonchev–Trinajstić information content (AvgIpc) is 2.74. The second-order valence-electron chi connectivity index (χ2n) is 5.14. The number of halogens is 4. The van der Waals surface area contributed by atoms with Gasteiger partial charge in [-0.2, -0.15) is 0 Å². The van der Waals surface area contributed by atoms with Crippen LogP contribution in [0, 0.1) is 6.92 Å². The second-order valence-corrected chi connectivity index (χ2v) is 6.77. The molecule has 1 aliphatic heterocycles. The average molecular weight is 401 g/mol. The van der Waals surface area contributed by atoms with Gasteiger partial charge >= 0.3 is 0 Å². The number of hydrogen-bond acceptors (Lipinski definition) is 2. The number of carbonyl (C=O) groups excluding carboxylic acids is 2. The van der Waals surface area contributed by atoms with Crippen LogP contribution in [0.4, 0.5) is 5.69 Å². The van der Waals surface area contributed by atoms with E-state index in [-0.39, 0.29) is 15.6 Å².